The molecule has 9 heteroatoms. The molecular formula is C17H25N5O3S. The van der Waals surface area contributed by atoms with Crippen LogP contribution in [0.5, 0.6) is 0 Å². The Labute approximate surface area is 153 Å². The number of hydrogen-bond acceptors (Lipinski definition) is 5. The second-order valence-corrected chi connectivity index (χ2v) is 8.72. The van der Waals surface area contributed by atoms with Crippen molar-refractivity contribution in [1.82, 2.24) is 23.6 Å². The molecule has 8 nitrogen and oxygen atoms in total. The van der Waals surface area contributed by atoms with Crippen molar-refractivity contribution < 1.29 is 8.42 Å². The topological polar surface area (TPSA) is 90.1 Å². The van der Waals surface area contributed by atoms with Gasteiger partial charge < -0.3 is 0 Å². The lowest BCUT2D eigenvalue weighted by Gasteiger charge is -2.31. The SMILES string of the molecule is CCn1c([C@H]2CCCN(S(=O)(=O)CCc3ccncc3)C2)nn(C)c1=O. The first kappa shape index (κ1) is 18.8. The van der Waals surface area contributed by atoms with Crippen molar-refractivity contribution >= 4 is 10.0 Å². The summed E-state index contributed by atoms with van der Waals surface area (Å²) in [7, 11) is -1.73. The molecule has 1 aliphatic heterocycles. The Bertz CT molecular complexity index is 904. The first-order valence-electron chi connectivity index (χ1n) is 8.93. The van der Waals surface area contributed by atoms with Crippen LogP contribution in [0, 0.1) is 0 Å². The predicted molar refractivity (Wildman–Crippen MR) is 98.4 cm³/mol. The molecule has 3 rings (SSSR count). The van der Waals surface area contributed by atoms with Gasteiger partial charge in [-0.25, -0.2) is 22.2 Å². The maximum atomic E-state index is 12.8. The molecule has 26 heavy (non-hydrogen) atoms. The van der Waals surface area contributed by atoms with Crippen molar-refractivity contribution in [1.29, 1.82) is 0 Å². The normalized spacial score (nSPS) is 18.9. The molecule has 1 aliphatic rings. The van der Waals surface area contributed by atoms with Crippen LogP contribution in [0.3, 0.4) is 0 Å². The van der Waals surface area contributed by atoms with Crippen LogP contribution in [0.1, 0.15) is 37.1 Å². The highest BCUT2D eigenvalue weighted by Crippen LogP contribution is 2.27. The Morgan fingerprint density at radius 2 is 2.00 bits per heavy atom. The van der Waals surface area contributed by atoms with E-state index in [1.165, 1.54) is 4.68 Å². The van der Waals surface area contributed by atoms with Gasteiger partial charge in [0.15, 0.2) is 0 Å². The molecule has 0 amide bonds. The summed E-state index contributed by atoms with van der Waals surface area (Å²) in [6, 6.07) is 3.67. The van der Waals surface area contributed by atoms with Gasteiger partial charge in [-0.15, -0.1) is 0 Å². The smallest absolute Gasteiger partial charge is 0.279 e. The van der Waals surface area contributed by atoms with Gasteiger partial charge in [-0.05, 0) is 43.9 Å². The van der Waals surface area contributed by atoms with E-state index in [2.05, 4.69) is 10.1 Å². The highest BCUT2D eigenvalue weighted by molar-refractivity contribution is 7.89. The molecule has 0 aliphatic carbocycles. The minimum absolute atomic E-state index is 0.0479. The van der Waals surface area contributed by atoms with Gasteiger partial charge in [0.05, 0.1) is 5.75 Å². The lowest BCUT2D eigenvalue weighted by atomic mass is 9.99. The number of hydrogen-bond donors (Lipinski definition) is 0. The number of rotatable bonds is 6. The molecule has 1 fully saturated rings. The van der Waals surface area contributed by atoms with Crippen LogP contribution in [-0.2, 0) is 30.0 Å². The van der Waals surface area contributed by atoms with Gasteiger partial charge in [-0.3, -0.25) is 9.55 Å². The van der Waals surface area contributed by atoms with Crippen molar-refractivity contribution in [2.24, 2.45) is 7.05 Å². The average Bonchev–Trinajstić information content (AvgIpc) is 2.95. The summed E-state index contributed by atoms with van der Waals surface area (Å²) >= 11 is 0. The number of aromatic nitrogens is 4. The third kappa shape index (κ3) is 3.88. The zero-order valence-corrected chi connectivity index (χ0v) is 16.0. The van der Waals surface area contributed by atoms with Crippen molar-refractivity contribution in [2.45, 2.75) is 38.6 Å². The first-order chi connectivity index (χ1) is 12.4. The predicted octanol–water partition coefficient (Wildman–Crippen LogP) is 0.749. The Morgan fingerprint density at radius 1 is 1.27 bits per heavy atom. The maximum absolute atomic E-state index is 12.8. The highest BCUT2D eigenvalue weighted by Gasteiger charge is 2.32. The van der Waals surface area contributed by atoms with Crippen LogP contribution in [0.2, 0.25) is 0 Å². The molecular weight excluding hydrogens is 354 g/mol. The standard InChI is InChI=1S/C17H25N5O3S/c1-3-22-16(19-20(2)17(22)23)15-5-4-11-21(13-15)26(24,25)12-8-14-6-9-18-10-7-14/h6-7,9-10,15H,3-5,8,11-13H2,1-2H3/t15-/m0/s1. The Kier molecular flexibility index (Phi) is 5.57. The molecule has 3 heterocycles. The van der Waals surface area contributed by atoms with E-state index < -0.39 is 10.0 Å². The van der Waals surface area contributed by atoms with Gasteiger partial charge in [0, 0.05) is 45.0 Å². The van der Waals surface area contributed by atoms with E-state index in [-0.39, 0.29) is 17.4 Å². The fraction of sp³-hybridized carbons (Fsp3) is 0.588. The summed E-state index contributed by atoms with van der Waals surface area (Å²) in [6.45, 7) is 3.35. The zero-order valence-electron chi connectivity index (χ0n) is 15.2. The van der Waals surface area contributed by atoms with E-state index in [1.54, 1.807) is 28.3 Å². The molecule has 2 aromatic rings. The third-order valence-electron chi connectivity index (χ3n) is 4.89. The molecule has 0 spiro atoms. The summed E-state index contributed by atoms with van der Waals surface area (Å²) in [5.41, 5.74) is 0.807. The number of nitrogens with zero attached hydrogens (tertiary/aromatic N) is 5. The summed E-state index contributed by atoms with van der Waals surface area (Å²) in [4.78, 5) is 16.1. The summed E-state index contributed by atoms with van der Waals surface area (Å²) in [5.74, 6) is 0.717. The maximum Gasteiger partial charge on any atom is 0.345 e. The van der Waals surface area contributed by atoms with Gasteiger partial charge in [-0.1, -0.05) is 0 Å². The fourth-order valence-electron chi connectivity index (χ4n) is 3.45. The molecule has 0 unspecified atom stereocenters. The van der Waals surface area contributed by atoms with E-state index in [0.717, 1.165) is 18.4 Å². The van der Waals surface area contributed by atoms with Crippen molar-refractivity contribution in [2.75, 3.05) is 18.8 Å². The Hall–Kier alpha value is -2.00. The zero-order chi connectivity index (χ0) is 18.7. The Morgan fingerprint density at radius 3 is 2.69 bits per heavy atom. The van der Waals surface area contributed by atoms with E-state index in [0.29, 0.717) is 31.9 Å². The monoisotopic (exact) mass is 379 g/mol. The molecule has 0 aromatic carbocycles. The summed E-state index contributed by atoms with van der Waals surface area (Å²) in [5, 5.41) is 4.35. The minimum Gasteiger partial charge on any atom is -0.279 e. The van der Waals surface area contributed by atoms with Gasteiger partial charge >= 0.3 is 5.69 Å². The number of pyridine rings is 1. The van der Waals surface area contributed by atoms with Gasteiger partial charge in [0.1, 0.15) is 5.82 Å². The summed E-state index contributed by atoms with van der Waals surface area (Å²) < 4.78 is 30.1. The van der Waals surface area contributed by atoms with E-state index in [1.807, 2.05) is 19.1 Å². The van der Waals surface area contributed by atoms with E-state index in [4.69, 9.17) is 0 Å². The van der Waals surface area contributed by atoms with Crippen LogP contribution in [0.4, 0.5) is 0 Å². The molecule has 2 aromatic heterocycles. The lowest BCUT2D eigenvalue weighted by molar-refractivity contribution is 0.304. The van der Waals surface area contributed by atoms with Crippen LogP contribution < -0.4 is 5.69 Å². The molecule has 0 saturated carbocycles. The molecule has 0 radical (unpaired) electrons. The third-order valence-corrected chi connectivity index (χ3v) is 6.73. The number of aryl methyl sites for hydroxylation is 2. The van der Waals surface area contributed by atoms with Crippen LogP contribution in [0.15, 0.2) is 29.3 Å². The molecule has 1 atom stereocenters. The number of sulfonamides is 1. The molecule has 1 saturated heterocycles. The van der Waals surface area contributed by atoms with Crippen LogP contribution in [-0.4, -0.2) is 50.9 Å². The quantitative estimate of drug-likeness (QED) is 0.739. The first-order valence-corrected chi connectivity index (χ1v) is 10.5. The second kappa shape index (κ2) is 7.71. The minimum atomic E-state index is -3.35. The van der Waals surface area contributed by atoms with Crippen LogP contribution in [0.25, 0.3) is 0 Å². The largest absolute Gasteiger partial charge is 0.345 e. The van der Waals surface area contributed by atoms with Gasteiger partial charge in [0.2, 0.25) is 10.0 Å². The number of piperidine rings is 1. The second-order valence-electron chi connectivity index (χ2n) is 6.63. The van der Waals surface area contributed by atoms with Gasteiger partial charge in [0.25, 0.3) is 0 Å². The van der Waals surface area contributed by atoms with Crippen molar-refractivity contribution in [3.05, 3.63) is 46.4 Å². The van der Waals surface area contributed by atoms with Gasteiger partial charge in [-0.2, -0.15) is 5.10 Å². The van der Waals surface area contributed by atoms with Crippen LogP contribution >= 0.6 is 0 Å². The average molecular weight is 379 g/mol. The Balaban J connectivity index is 1.73. The lowest BCUT2D eigenvalue weighted by Crippen LogP contribution is -2.41. The van der Waals surface area contributed by atoms with E-state index in [9.17, 15) is 13.2 Å². The molecule has 142 valence electrons. The highest BCUT2D eigenvalue weighted by atomic mass is 32.2. The van der Waals surface area contributed by atoms with Crippen molar-refractivity contribution in [3.8, 4) is 0 Å². The van der Waals surface area contributed by atoms with Crippen molar-refractivity contribution in [3.63, 3.8) is 0 Å². The summed E-state index contributed by atoms with van der Waals surface area (Å²) in [6.07, 6.45) is 5.42. The fourth-order valence-corrected chi connectivity index (χ4v) is 5.02. The van der Waals surface area contributed by atoms with E-state index >= 15 is 0 Å². The molecule has 0 N–H and O–H groups in total. The molecule has 0 bridgehead atoms.